The highest BCUT2D eigenvalue weighted by Crippen LogP contribution is 2.27. The van der Waals surface area contributed by atoms with Gasteiger partial charge in [-0.3, -0.25) is 9.52 Å². The van der Waals surface area contributed by atoms with Gasteiger partial charge in [0.2, 0.25) is 0 Å². The predicted octanol–water partition coefficient (Wildman–Crippen LogP) is 4.33. The predicted molar refractivity (Wildman–Crippen MR) is 112 cm³/mol. The molecule has 0 fully saturated rings. The van der Waals surface area contributed by atoms with Crippen LogP contribution in [-0.4, -0.2) is 27.0 Å². The number of halogens is 2. The quantitative estimate of drug-likeness (QED) is 0.634. The van der Waals surface area contributed by atoms with Crippen LogP contribution in [0.4, 0.5) is 5.69 Å². The van der Waals surface area contributed by atoms with Gasteiger partial charge >= 0.3 is 0 Å². The van der Waals surface area contributed by atoms with Crippen LogP contribution in [0.5, 0.6) is 5.75 Å². The number of rotatable bonds is 8. The van der Waals surface area contributed by atoms with E-state index in [-0.39, 0.29) is 15.8 Å². The van der Waals surface area contributed by atoms with Gasteiger partial charge in [-0.2, -0.15) is 0 Å². The van der Waals surface area contributed by atoms with Crippen LogP contribution >= 0.6 is 23.2 Å². The molecule has 6 nitrogen and oxygen atoms in total. The molecule has 0 aliphatic heterocycles. The van der Waals surface area contributed by atoms with E-state index in [1.165, 1.54) is 42.5 Å². The molecule has 1 amide bonds. The van der Waals surface area contributed by atoms with E-state index in [2.05, 4.69) is 10.0 Å². The number of hydrogen-bond donors (Lipinski definition) is 2. The normalized spacial score (nSPS) is 12.5. The first-order chi connectivity index (χ1) is 13.1. The second-order valence-corrected chi connectivity index (χ2v) is 9.10. The molecule has 0 radical (unpaired) electrons. The summed E-state index contributed by atoms with van der Waals surface area (Å²) < 4.78 is 33.0. The van der Waals surface area contributed by atoms with Crippen LogP contribution in [0, 0.1) is 5.92 Å². The van der Waals surface area contributed by atoms with Gasteiger partial charge in [0.1, 0.15) is 5.75 Å². The third kappa shape index (κ3) is 6.29. The van der Waals surface area contributed by atoms with Crippen molar-refractivity contribution in [3.8, 4) is 5.75 Å². The highest BCUT2D eigenvalue weighted by molar-refractivity contribution is 7.92. The number of carbonyl (C=O) groups is 1. The first kappa shape index (κ1) is 22.3. The van der Waals surface area contributed by atoms with Gasteiger partial charge < -0.3 is 10.1 Å². The van der Waals surface area contributed by atoms with E-state index in [1.807, 2.05) is 13.8 Å². The fourth-order valence-electron chi connectivity index (χ4n) is 2.18. The lowest BCUT2D eigenvalue weighted by molar-refractivity contribution is -0.127. The Morgan fingerprint density at radius 1 is 1.04 bits per heavy atom. The Bertz CT molecular complexity index is 931. The van der Waals surface area contributed by atoms with Gasteiger partial charge in [0.15, 0.2) is 6.10 Å². The molecule has 0 saturated heterocycles. The average Bonchev–Trinajstić information content (AvgIpc) is 2.63. The molecule has 0 aliphatic rings. The molecular weight excluding hydrogens is 423 g/mol. The van der Waals surface area contributed by atoms with E-state index in [4.69, 9.17) is 27.9 Å². The summed E-state index contributed by atoms with van der Waals surface area (Å²) in [5.74, 6) is 0.496. The fraction of sp³-hybridized carbons (Fsp3) is 0.316. The lowest BCUT2D eigenvalue weighted by Crippen LogP contribution is -2.38. The van der Waals surface area contributed by atoms with Gasteiger partial charge in [-0.15, -0.1) is 0 Å². The molecule has 0 heterocycles. The fourth-order valence-corrected chi connectivity index (χ4v) is 3.52. The molecule has 9 heteroatoms. The van der Waals surface area contributed by atoms with Crippen molar-refractivity contribution in [2.45, 2.75) is 31.8 Å². The van der Waals surface area contributed by atoms with Crippen LogP contribution in [0.25, 0.3) is 0 Å². The third-order valence-electron chi connectivity index (χ3n) is 3.67. The standard InChI is InChI=1S/C19H22Cl2N2O4S/c1-12(2)11-22-19(24)13(3)27-15-5-7-16(8-6-15)28(25,26)23-14-4-9-17(20)18(21)10-14/h4-10,12-13,23H,11H2,1-3H3,(H,22,24)/t13-/m1/s1. The van der Waals surface area contributed by atoms with Crippen molar-refractivity contribution in [2.75, 3.05) is 11.3 Å². The van der Waals surface area contributed by atoms with E-state index >= 15 is 0 Å². The molecule has 0 unspecified atom stereocenters. The van der Waals surface area contributed by atoms with Crippen LogP contribution in [0.15, 0.2) is 47.4 Å². The Balaban J connectivity index is 2.04. The lowest BCUT2D eigenvalue weighted by atomic mass is 10.2. The van der Waals surface area contributed by atoms with Crippen LogP contribution in [0.3, 0.4) is 0 Å². The Morgan fingerprint density at radius 3 is 2.25 bits per heavy atom. The van der Waals surface area contributed by atoms with Crippen LogP contribution in [0.2, 0.25) is 10.0 Å². The summed E-state index contributed by atoms with van der Waals surface area (Å²) in [6.45, 7) is 6.18. The summed E-state index contributed by atoms with van der Waals surface area (Å²) >= 11 is 11.7. The number of hydrogen-bond acceptors (Lipinski definition) is 4. The summed E-state index contributed by atoms with van der Waals surface area (Å²) in [6.07, 6.45) is -0.699. The van der Waals surface area contributed by atoms with Crippen LogP contribution < -0.4 is 14.8 Å². The Morgan fingerprint density at radius 2 is 1.68 bits per heavy atom. The van der Waals surface area contributed by atoms with Crippen molar-refractivity contribution in [1.29, 1.82) is 0 Å². The number of amides is 1. The van der Waals surface area contributed by atoms with E-state index in [0.29, 0.717) is 28.9 Å². The van der Waals surface area contributed by atoms with Gasteiger partial charge in [0.05, 0.1) is 20.6 Å². The van der Waals surface area contributed by atoms with Gasteiger partial charge in [-0.1, -0.05) is 37.0 Å². The molecular formula is C19H22Cl2N2O4S. The summed E-state index contributed by atoms with van der Waals surface area (Å²) in [5, 5.41) is 3.36. The van der Waals surface area contributed by atoms with Gasteiger partial charge in [-0.25, -0.2) is 8.42 Å². The number of anilines is 1. The maximum Gasteiger partial charge on any atom is 0.261 e. The summed E-state index contributed by atoms with van der Waals surface area (Å²) in [7, 11) is -3.81. The Kier molecular flexibility index (Phi) is 7.57. The molecule has 152 valence electrons. The number of nitrogens with one attached hydrogen (secondary N) is 2. The van der Waals surface area contributed by atoms with Crippen molar-refractivity contribution < 1.29 is 17.9 Å². The second-order valence-electron chi connectivity index (χ2n) is 6.60. The van der Waals surface area contributed by atoms with Crippen molar-refractivity contribution in [3.05, 3.63) is 52.5 Å². The van der Waals surface area contributed by atoms with E-state index in [0.717, 1.165) is 0 Å². The second kappa shape index (κ2) is 9.49. The summed E-state index contributed by atoms with van der Waals surface area (Å²) in [5.41, 5.74) is 0.296. The first-order valence-electron chi connectivity index (χ1n) is 8.61. The summed E-state index contributed by atoms with van der Waals surface area (Å²) in [4.78, 5) is 12.0. The number of benzene rings is 2. The van der Waals surface area contributed by atoms with Crippen LogP contribution in [-0.2, 0) is 14.8 Å². The molecule has 2 rings (SSSR count). The molecule has 1 atom stereocenters. The summed E-state index contributed by atoms with van der Waals surface area (Å²) in [6, 6.07) is 10.2. The largest absolute Gasteiger partial charge is 0.481 e. The molecule has 28 heavy (non-hydrogen) atoms. The van der Waals surface area contributed by atoms with Gasteiger partial charge in [0.25, 0.3) is 15.9 Å². The van der Waals surface area contributed by atoms with E-state index in [1.54, 1.807) is 6.92 Å². The molecule has 0 aromatic heterocycles. The number of sulfonamides is 1. The molecule has 0 spiro atoms. The van der Waals surface area contributed by atoms with Gasteiger partial charge in [0, 0.05) is 6.54 Å². The van der Waals surface area contributed by atoms with Gasteiger partial charge in [-0.05, 0) is 55.3 Å². The monoisotopic (exact) mass is 444 g/mol. The number of ether oxygens (including phenoxy) is 1. The zero-order chi connectivity index (χ0) is 20.9. The third-order valence-corrected chi connectivity index (χ3v) is 5.81. The minimum atomic E-state index is -3.81. The molecule has 0 bridgehead atoms. The lowest BCUT2D eigenvalue weighted by Gasteiger charge is -2.16. The van der Waals surface area contributed by atoms with E-state index in [9.17, 15) is 13.2 Å². The molecule has 2 aromatic carbocycles. The van der Waals surface area contributed by atoms with E-state index < -0.39 is 16.1 Å². The first-order valence-corrected chi connectivity index (χ1v) is 10.8. The Labute approximate surface area is 175 Å². The zero-order valence-corrected chi connectivity index (χ0v) is 18.0. The average molecular weight is 445 g/mol. The molecule has 2 N–H and O–H groups in total. The maximum atomic E-state index is 12.5. The van der Waals surface area contributed by atoms with Crippen molar-refractivity contribution >= 4 is 44.8 Å². The number of carbonyl (C=O) groups excluding carboxylic acids is 1. The Hall–Kier alpha value is -1.96. The van der Waals surface area contributed by atoms with Crippen LogP contribution in [0.1, 0.15) is 20.8 Å². The van der Waals surface area contributed by atoms with Crippen molar-refractivity contribution in [3.63, 3.8) is 0 Å². The van der Waals surface area contributed by atoms with Crippen molar-refractivity contribution in [2.24, 2.45) is 5.92 Å². The molecule has 0 saturated carbocycles. The topological polar surface area (TPSA) is 84.5 Å². The minimum Gasteiger partial charge on any atom is -0.481 e. The SMILES string of the molecule is CC(C)CNC(=O)[C@@H](C)Oc1ccc(S(=O)(=O)Nc2ccc(Cl)c(Cl)c2)cc1. The minimum absolute atomic E-state index is 0.0443. The molecule has 0 aliphatic carbocycles. The maximum absolute atomic E-state index is 12.5. The molecule has 2 aromatic rings. The highest BCUT2D eigenvalue weighted by atomic mass is 35.5. The zero-order valence-electron chi connectivity index (χ0n) is 15.7. The highest BCUT2D eigenvalue weighted by Gasteiger charge is 2.17. The van der Waals surface area contributed by atoms with Crippen molar-refractivity contribution in [1.82, 2.24) is 5.32 Å². The smallest absolute Gasteiger partial charge is 0.261 e.